The Bertz CT molecular complexity index is 490. The van der Waals surface area contributed by atoms with Gasteiger partial charge in [-0.3, -0.25) is 4.79 Å². The molecule has 3 nitrogen and oxygen atoms in total. The molecule has 1 aliphatic rings. The molecule has 18 heavy (non-hydrogen) atoms. The van der Waals surface area contributed by atoms with Crippen LogP contribution in [-0.4, -0.2) is 23.2 Å². The van der Waals surface area contributed by atoms with Crippen LogP contribution in [0.3, 0.4) is 0 Å². The summed E-state index contributed by atoms with van der Waals surface area (Å²) in [6.45, 7) is 3.77. The predicted molar refractivity (Wildman–Crippen MR) is 67.1 cm³/mol. The summed E-state index contributed by atoms with van der Waals surface area (Å²) in [5.41, 5.74) is -0.116. The first-order chi connectivity index (χ1) is 8.32. The molecule has 98 valence electrons. The van der Waals surface area contributed by atoms with Crippen molar-refractivity contribution in [2.24, 2.45) is 5.41 Å². The van der Waals surface area contributed by atoms with Gasteiger partial charge in [-0.25, -0.2) is 4.39 Å². The number of hydrogen-bond donors (Lipinski definition) is 2. The molecule has 2 atom stereocenters. The van der Waals surface area contributed by atoms with Gasteiger partial charge in [-0.15, -0.1) is 0 Å². The number of amides is 1. The van der Waals surface area contributed by atoms with Crippen LogP contribution in [0.2, 0.25) is 5.02 Å². The van der Waals surface area contributed by atoms with Crippen LogP contribution in [0.15, 0.2) is 18.2 Å². The van der Waals surface area contributed by atoms with Crippen molar-refractivity contribution >= 4 is 17.5 Å². The van der Waals surface area contributed by atoms with E-state index in [9.17, 15) is 14.3 Å². The summed E-state index contributed by atoms with van der Waals surface area (Å²) in [5.74, 6) is -0.965. The molecule has 0 spiro atoms. The van der Waals surface area contributed by atoms with Gasteiger partial charge in [0.1, 0.15) is 5.82 Å². The fourth-order valence-corrected chi connectivity index (χ4v) is 2.14. The summed E-state index contributed by atoms with van der Waals surface area (Å²) in [6, 6.07) is 3.84. The first-order valence-electron chi connectivity index (χ1n) is 5.76. The van der Waals surface area contributed by atoms with Gasteiger partial charge in [-0.2, -0.15) is 0 Å². The van der Waals surface area contributed by atoms with E-state index >= 15 is 0 Å². The van der Waals surface area contributed by atoms with Crippen molar-refractivity contribution in [2.75, 3.05) is 0 Å². The summed E-state index contributed by atoms with van der Waals surface area (Å²) in [7, 11) is 0. The lowest BCUT2D eigenvalue weighted by molar-refractivity contribution is -0.0689. The zero-order valence-electron chi connectivity index (χ0n) is 10.2. The molecule has 2 unspecified atom stereocenters. The standard InChI is InChI=1S/C13H15ClFNO2/c1-13(2)10(6-11(13)17)16-12(18)7-3-4-8(14)9(15)5-7/h3-5,10-11,17H,6H2,1-2H3,(H,16,18). The fourth-order valence-electron chi connectivity index (χ4n) is 2.03. The van der Waals surface area contributed by atoms with E-state index in [2.05, 4.69) is 5.32 Å². The van der Waals surface area contributed by atoms with E-state index in [1.807, 2.05) is 13.8 Å². The number of benzene rings is 1. The average molecular weight is 272 g/mol. The average Bonchev–Trinajstić information content (AvgIpc) is 2.32. The van der Waals surface area contributed by atoms with Gasteiger partial charge in [0.05, 0.1) is 11.1 Å². The van der Waals surface area contributed by atoms with Crippen molar-refractivity contribution in [3.8, 4) is 0 Å². The minimum Gasteiger partial charge on any atom is -0.392 e. The number of aliphatic hydroxyl groups is 1. The Hall–Kier alpha value is -1.13. The molecule has 0 aliphatic heterocycles. The van der Waals surface area contributed by atoms with Crippen molar-refractivity contribution in [3.05, 3.63) is 34.6 Å². The van der Waals surface area contributed by atoms with Crippen molar-refractivity contribution < 1.29 is 14.3 Å². The van der Waals surface area contributed by atoms with Crippen molar-refractivity contribution in [1.82, 2.24) is 5.32 Å². The molecular formula is C13H15ClFNO2. The van der Waals surface area contributed by atoms with E-state index in [4.69, 9.17) is 11.6 Å². The van der Waals surface area contributed by atoms with Crippen LogP contribution < -0.4 is 5.32 Å². The summed E-state index contributed by atoms with van der Waals surface area (Å²) in [4.78, 5) is 11.9. The predicted octanol–water partition coefficient (Wildman–Crippen LogP) is 2.37. The number of halogens is 2. The second kappa shape index (κ2) is 4.52. The fraction of sp³-hybridized carbons (Fsp3) is 0.462. The van der Waals surface area contributed by atoms with Crippen LogP contribution in [0.5, 0.6) is 0 Å². The Kier molecular flexibility index (Phi) is 3.34. The third-order valence-corrected chi connectivity index (χ3v) is 4.01. The third-order valence-electron chi connectivity index (χ3n) is 3.70. The molecule has 0 radical (unpaired) electrons. The number of nitrogens with one attached hydrogen (secondary N) is 1. The Morgan fingerprint density at radius 2 is 2.22 bits per heavy atom. The summed E-state index contributed by atoms with van der Waals surface area (Å²) in [6.07, 6.45) is 0.110. The minimum absolute atomic E-state index is 0.00838. The van der Waals surface area contributed by atoms with Crippen LogP contribution in [0.4, 0.5) is 4.39 Å². The number of carbonyl (C=O) groups excluding carboxylic acids is 1. The molecule has 0 saturated heterocycles. The van der Waals surface area contributed by atoms with Gasteiger partial charge in [0.25, 0.3) is 5.91 Å². The van der Waals surface area contributed by atoms with E-state index in [1.165, 1.54) is 12.1 Å². The Labute approximate surface area is 110 Å². The van der Waals surface area contributed by atoms with Gasteiger partial charge in [0.15, 0.2) is 0 Å². The van der Waals surface area contributed by atoms with Crippen molar-refractivity contribution in [2.45, 2.75) is 32.4 Å². The quantitative estimate of drug-likeness (QED) is 0.868. The molecule has 1 saturated carbocycles. The van der Waals surface area contributed by atoms with Crippen LogP contribution >= 0.6 is 11.6 Å². The second-order valence-corrected chi connectivity index (χ2v) is 5.64. The van der Waals surface area contributed by atoms with E-state index in [1.54, 1.807) is 0 Å². The maximum absolute atomic E-state index is 13.2. The summed E-state index contributed by atoms with van der Waals surface area (Å²) < 4.78 is 13.2. The number of carbonyl (C=O) groups is 1. The maximum Gasteiger partial charge on any atom is 0.251 e. The highest BCUT2D eigenvalue weighted by Gasteiger charge is 2.47. The van der Waals surface area contributed by atoms with Crippen LogP contribution in [-0.2, 0) is 0 Å². The molecular weight excluding hydrogens is 257 g/mol. The highest BCUT2D eigenvalue weighted by molar-refractivity contribution is 6.30. The van der Waals surface area contributed by atoms with Crippen LogP contribution in [0.1, 0.15) is 30.6 Å². The first kappa shape index (κ1) is 13.3. The SMILES string of the molecule is CC1(C)C(O)CC1NC(=O)c1ccc(Cl)c(F)c1. The number of aliphatic hydroxyl groups excluding tert-OH is 1. The molecule has 0 bridgehead atoms. The Morgan fingerprint density at radius 1 is 1.56 bits per heavy atom. The van der Waals surface area contributed by atoms with Gasteiger partial charge in [-0.05, 0) is 24.6 Å². The van der Waals surface area contributed by atoms with E-state index in [0.717, 1.165) is 6.07 Å². The van der Waals surface area contributed by atoms with Gasteiger partial charge >= 0.3 is 0 Å². The Balaban J connectivity index is 2.07. The smallest absolute Gasteiger partial charge is 0.251 e. The first-order valence-corrected chi connectivity index (χ1v) is 6.14. The maximum atomic E-state index is 13.2. The lowest BCUT2D eigenvalue weighted by atomic mass is 9.64. The molecule has 0 aromatic heterocycles. The molecule has 1 aromatic carbocycles. The van der Waals surface area contributed by atoms with Crippen LogP contribution in [0.25, 0.3) is 0 Å². The summed E-state index contributed by atoms with van der Waals surface area (Å²) in [5, 5.41) is 12.4. The molecule has 0 heterocycles. The van der Waals surface area contributed by atoms with E-state index in [0.29, 0.717) is 6.42 Å². The number of rotatable bonds is 2. The molecule has 2 rings (SSSR count). The molecule has 2 N–H and O–H groups in total. The Morgan fingerprint density at radius 3 is 2.72 bits per heavy atom. The normalized spacial score (nSPS) is 25.4. The van der Waals surface area contributed by atoms with Gasteiger partial charge in [-0.1, -0.05) is 25.4 Å². The van der Waals surface area contributed by atoms with E-state index < -0.39 is 11.9 Å². The summed E-state index contributed by atoms with van der Waals surface area (Å²) >= 11 is 5.55. The highest BCUT2D eigenvalue weighted by atomic mass is 35.5. The van der Waals surface area contributed by atoms with Gasteiger partial charge < -0.3 is 10.4 Å². The van der Waals surface area contributed by atoms with Crippen molar-refractivity contribution in [1.29, 1.82) is 0 Å². The molecule has 1 fully saturated rings. The van der Waals surface area contributed by atoms with Gasteiger partial charge in [0, 0.05) is 17.0 Å². The molecule has 1 aromatic rings. The lowest BCUT2D eigenvalue weighted by Crippen LogP contribution is -2.61. The topological polar surface area (TPSA) is 49.3 Å². The molecule has 1 amide bonds. The monoisotopic (exact) mass is 271 g/mol. The second-order valence-electron chi connectivity index (χ2n) is 5.23. The highest BCUT2D eigenvalue weighted by Crippen LogP contribution is 2.40. The number of hydrogen-bond acceptors (Lipinski definition) is 2. The zero-order chi connectivity index (χ0) is 13.5. The van der Waals surface area contributed by atoms with Crippen LogP contribution in [0, 0.1) is 11.2 Å². The van der Waals surface area contributed by atoms with Gasteiger partial charge in [0.2, 0.25) is 0 Å². The molecule has 5 heteroatoms. The largest absolute Gasteiger partial charge is 0.392 e. The molecule has 1 aliphatic carbocycles. The lowest BCUT2D eigenvalue weighted by Gasteiger charge is -2.49. The third kappa shape index (κ3) is 2.22. The van der Waals surface area contributed by atoms with E-state index in [-0.39, 0.29) is 28.0 Å². The van der Waals surface area contributed by atoms with Crippen molar-refractivity contribution in [3.63, 3.8) is 0 Å². The zero-order valence-corrected chi connectivity index (χ0v) is 11.0. The minimum atomic E-state index is -0.614.